The molecule has 5 atom stereocenters. The predicted molar refractivity (Wildman–Crippen MR) is 239 cm³/mol. The summed E-state index contributed by atoms with van der Waals surface area (Å²) in [5.41, 5.74) is 25.0. The first-order valence-corrected chi connectivity index (χ1v) is 20.8. The van der Waals surface area contributed by atoms with E-state index in [1.807, 2.05) is 0 Å². The van der Waals surface area contributed by atoms with E-state index in [4.69, 9.17) is 0 Å². The van der Waals surface area contributed by atoms with Crippen LogP contribution in [0.4, 0.5) is 0 Å². The Morgan fingerprint density at radius 3 is 2.02 bits per heavy atom. The number of hydrogen-bond donors (Lipinski definition) is 1. The van der Waals surface area contributed by atoms with Crippen molar-refractivity contribution in [1.29, 1.82) is 0 Å². The zero-order chi connectivity index (χ0) is 38.3. The lowest BCUT2D eigenvalue weighted by Gasteiger charge is -2.41. The van der Waals surface area contributed by atoms with E-state index < -0.39 is 0 Å². The number of fused-ring (bicyclic) bond motifs is 8. The summed E-state index contributed by atoms with van der Waals surface area (Å²) >= 11 is 0. The number of rotatable bonds is 3. The average molecular weight is 727 g/mol. The van der Waals surface area contributed by atoms with Crippen molar-refractivity contribution >= 4 is 43.6 Å². The van der Waals surface area contributed by atoms with Crippen LogP contribution in [0, 0.1) is 13.8 Å². The molecule has 0 bridgehead atoms. The second-order valence-electron chi connectivity index (χ2n) is 17.9. The number of hydrogen-bond acceptors (Lipinski definition) is 0. The number of allylic oxidation sites excluding steroid dienone is 4. The Morgan fingerprint density at radius 1 is 0.589 bits per heavy atom. The fourth-order valence-electron chi connectivity index (χ4n) is 11.4. The van der Waals surface area contributed by atoms with Gasteiger partial charge in [0.25, 0.3) is 0 Å². The summed E-state index contributed by atoms with van der Waals surface area (Å²) < 4.78 is 2.60. The first-order chi connectivity index (χ1) is 27.0. The summed E-state index contributed by atoms with van der Waals surface area (Å²) in [5.74, 6) is 1.83. The van der Waals surface area contributed by atoms with Gasteiger partial charge in [0.05, 0.1) is 16.6 Å². The normalized spacial score (nSPS) is 21.5. The van der Waals surface area contributed by atoms with Gasteiger partial charge in [0.15, 0.2) is 0 Å². The van der Waals surface area contributed by atoms with Crippen molar-refractivity contribution in [1.82, 2.24) is 9.55 Å². The van der Waals surface area contributed by atoms with Gasteiger partial charge in [-0.2, -0.15) is 0 Å². The zero-order valence-electron chi connectivity index (χ0n) is 33.9. The second kappa shape index (κ2) is 12.0. The molecule has 2 heteroatoms. The maximum Gasteiger partial charge on any atom is 0.0582 e. The SMILES string of the molecule is CC1=CC(c2ccc3c(c2)c2cc4c5c(c2n3-c2ccccc2)C(C)C(C)c2cc3c([nH]c6ccc(-c7cc(C)cc(C)c7)cc63)c(c2-5)C(C)C4C)CC(C)=C1. The Kier molecular flexibility index (Phi) is 7.20. The molecule has 0 amide bonds. The summed E-state index contributed by atoms with van der Waals surface area (Å²) in [6.45, 7) is 18.9. The Labute approximate surface area is 330 Å². The minimum absolute atomic E-state index is 0.338. The number of para-hydroxylation sites is 1. The van der Waals surface area contributed by atoms with Crippen LogP contribution in [-0.2, 0) is 0 Å². The predicted octanol–water partition coefficient (Wildman–Crippen LogP) is 15.2. The third-order valence-corrected chi connectivity index (χ3v) is 14.2. The number of aromatic amines is 1. The molecule has 0 radical (unpaired) electrons. The third kappa shape index (κ3) is 4.68. The van der Waals surface area contributed by atoms with E-state index in [-0.39, 0.29) is 0 Å². The number of aromatic nitrogens is 2. The van der Waals surface area contributed by atoms with Crippen LogP contribution in [0.1, 0.15) is 116 Å². The molecule has 276 valence electrons. The summed E-state index contributed by atoms with van der Waals surface area (Å²) in [6, 6.07) is 37.6. The molecule has 2 nitrogen and oxygen atoms in total. The molecule has 8 aromatic rings. The quantitative estimate of drug-likeness (QED) is 0.187. The lowest BCUT2D eigenvalue weighted by molar-refractivity contribution is 0.585. The smallest absolute Gasteiger partial charge is 0.0582 e. The van der Waals surface area contributed by atoms with Crippen LogP contribution in [0.2, 0.25) is 0 Å². The van der Waals surface area contributed by atoms with Gasteiger partial charge < -0.3 is 9.55 Å². The van der Waals surface area contributed by atoms with E-state index >= 15 is 0 Å². The molecule has 11 rings (SSSR count). The van der Waals surface area contributed by atoms with Gasteiger partial charge in [0.2, 0.25) is 0 Å². The van der Waals surface area contributed by atoms with Crippen LogP contribution in [0.3, 0.4) is 0 Å². The highest BCUT2D eigenvalue weighted by Crippen LogP contribution is 2.61. The number of H-pyrrole nitrogens is 1. The lowest BCUT2D eigenvalue weighted by Crippen LogP contribution is -2.23. The molecule has 1 N–H and O–H groups in total. The molecule has 2 aromatic heterocycles. The van der Waals surface area contributed by atoms with Gasteiger partial charge in [-0.25, -0.2) is 0 Å². The highest BCUT2D eigenvalue weighted by Gasteiger charge is 2.42. The molecule has 0 saturated carbocycles. The minimum atomic E-state index is 0.338. The van der Waals surface area contributed by atoms with E-state index in [0.717, 1.165) is 6.42 Å². The van der Waals surface area contributed by atoms with Crippen LogP contribution in [-0.4, -0.2) is 9.55 Å². The molecular weight excluding hydrogens is 677 g/mol. The monoisotopic (exact) mass is 726 g/mol. The Hall–Kier alpha value is -5.60. The highest BCUT2D eigenvalue weighted by atomic mass is 15.0. The van der Waals surface area contributed by atoms with Crippen molar-refractivity contribution in [2.45, 2.75) is 91.4 Å². The summed E-state index contributed by atoms with van der Waals surface area (Å²) in [6.07, 6.45) is 5.90. The largest absolute Gasteiger partial charge is 0.354 e. The Balaban J connectivity index is 1.22. The van der Waals surface area contributed by atoms with E-state index in [9.17, 15) is 0 Å². The van der Waals surface area contributed by atoms with Gasteiger partial charge >= 0.3 is 0 Å². The van der Waals surface area contributed by atoms with Crippen LogP contribution >= 0.6 is 0 Å². The first-order valence-electron chi connectivity index (χ1n) is 20.8. The van der Waals surface area contributed by atoms with Crippen LogP contribution in [0.15, 0.2) is 120 Å². The maximum absolute atomic E-state index is 4.01. The van der Waals surface area contributed by atoms with E-state index in [2.05, 4.69) is 174 Å². The number of aryl methyl sites for hydroxylation is 2. The molecule has 0 fully saturated rings. The van der Waals surface area contributed by atoms with Gasteiger partial charge in [0, 0.05) is 38.7 Å². The fourth-order valence-corrected chi connectivity index (χ4v) is 11.4. The number of nitrogens with zero attached hydrogens (tertiary/aromatic N) is 1. The molecule has 56 heavy (non-hydrogen) atoms. The molecule has 6 aromatic carbocycles. The maximum atomic E-state index is 4.01. The third-order valence-electron chi connectivity index (χ3n) is 14.2. The lowest BCUT2D eigenvalue weighted by atomic mass is 9.62. The standard InChI is InChI=1S/C54H50N2/c1-28-18-29(2)21-38(20-28)36-14-16-47-43(24-36)45-26-41-33(6)35(8)50-52-42(32(5)34(7)49(51(41)52)53(45)55-47)27-46-44-25-37(39-22-30(3)19-31(4)23-39)15-17-48(44)56(54(46)50)40-12-10-9-11-13-40/h9-22,24-27,32-35,39,55H,23H2,1-8H3. The molecule has 0 aliphatic heterocycles. The molecule has 2 heterocycles. The Morgan fingerprint density at radius 2 is 1.29 bits per heavy atom. The average Bonchev–Trinajstić information content (AvgIpc) is 3.72. The van der Waals surface area contributed by atoms with Crippen LogP contribution in [0.25, 0.3) is 71.6 Å². The summed E-state index contributed by atoms with van der Waals surface area (Å²) in [7, 11) is 0. The van der Waals surface area contributed by atoms with Crippen molar-refractivity contribution in [2.24, 2.45) is 0 Å². The van der Waals surface area contributed by atoms with Crippen molar-refractivity contribution in [3.05, 3.63) is 159 Å². The zero-order valence-corrected chi connectivity index (χ0v) is 33.9. The molecule has 3 aliphatic rings. The molecular formula is C54H50N2. The van der Waals surface area contributed by atoms with Gasteiger partial charge in [-0.1, -0.05) is 111 Å². The van der Waals surface area contributed by atoms with Crippen molar-refractivity contribution < 1.29 is 0 Å². The first kappa shape index (κ1) is 33.7. The van der Waals surface area contributed by atoms with Crippen molar-refractivity contribution in [2.75, 3.05) is 0 Å². The fraction of sp³-hybridized carbons (Fsp3) is 0.259. The number of benzene rings is 6. The van der Waals surface area contributed by atoms with Crippen LogP contribution in [0.5, 0.6) is 0 Å². The second-order valence-corrected chi connectivity index (χ2v) is 17.9. The molecule has 0 saturated heterocycles. The Bertz CT molecular complexity index is 3030. The topological polar surface area (TPSA) is 20.7 Å². The minimum Gasteiger partial charge on any atom is -0.354 e. The van der Waals surface area contributed by atoms with E-state index in [1.54, 1.807) is 0 Å². The highest BCUT2D eigenvalue weighted by molar-refractivity contribution is 6.16. The summed E-state index contributed by atoms with van der Waals surface area (Å²) in [4.78, 5) is 4.01. The van der Waals surface area contributed by atoms with Gasteiger partial charge in [0.1, 0.15) is 0 Å². The van der Waals surface area contributed by atoms with Gasteiger partial charge in [-0.3, -0.25) is 0 Å². The summed E-state index contributed by atoms with van der Waals surface area (Å²) in [5, 5.41) is 5.48. The molecule has 5 unspecified atom stereocenters. The van der Waals surface area contributed by atoms with E-state index in [0.29, 0.717) is 29.6 Å². The van der Waals surface area contributed by atoms with Crippen LogP contribution < -0.4 is 0 Å². The van der Waals surface area contributed by atoms with Gasteiger partial charge in [-0.05, 0) is 156 Å². The number of nitrogens with one attached hydrogen (secondary N) is 1. The molecule has 0 spiro atoms. The van der Waals surface area contributed by atoms with Crippen molar-refractivity contribution in [3.8, 4) is 27.9 Å². The molecule has 3 aliphatic carbocycles. The van der Waals surface area contributed by atoms with Gasteiger partial charge in [-0.15, -0.1) is 0 Å². The van der Waals surface area contributed by atoms with Crippen molar-refractivity contribution in [3.63, 3.8) is 0 Å². The van der Waals surface area contributed by atoms with E-state index in [1.165, 1.54) is 122 Å².